The predicted octanol–water partition coefficient (Wildman–Crippen LogP) is 3.49. The zero-order chi connectivity index (χ0) is 22.4. The maximum Gasteiger partial charge on any atom is 0.336 e. The molecule has 0 bridgehead atoms. The summed E-state index contributed by atoms with van der Waals surface area (Å²) < 4.78 is 0. The number of fused-ring (bicyclic) bond motifs is 1. The van der Waals surface area contributed by atoms with Gasteiger partial charge < -0.3 is 20.4 Å². The van der Waals surface area contributed by atoms with E-state index in [4.69, 9.17) is 5.11 Å². The van der Waals surface area contributed by atoms with Crippen molar-refractivity contribution in [2.24, 2.45) is 0 Å². The fourth-order valence-electron chi connectivity index (χ4n) is 4.60. The highest BCUT2D eigenvalue weighted by molar-refractivity contribution is 6.03. The molecule has 1 aliphatic rings. The third kappa shape index (κ3) is 3.41. The summed E-state index contributed by atoms with van der Waals surface area (Å²) in [6.45, 7) is 3.69. The highest BCUT2D eigenvalue weighted by Gasteiger charge is 2.42. The van der Waals surface area contributed by atoms with Crippen molar-refractivity contribution in [1.29, 1.82) is 0 Å². The molecule has 0 radical (unpaired) electrons. The fourth-order valence-corrected chi connectivity index (χ4v) is 4.60. The molecule has 8 heteroatoms. The van der Waals surface area contributed by atoms with E-state index in [1.807, 2.05) is 13.8 Å². The topological polar surface area (TPSA) is 149 Å². The van der Waals surface area contributed by atoms with Crippen molar-refractivity contribution in [3.8, 4) is 0 Å². The van der Waals surface area contributed by atoms with E-state index in [1.54, 1.807) is 6.07 Å². The second-order valence-corrected chi connectivity index (χ2v) is 7.88. The third-order valence-electron chi connectivity index (χ3n) is 5.76. The molecule has 1 aliphatic carbocycles. The molecular weight excluding hydrogens is 392 g/mol. The van der Waals surface area contributed by atoms with E-state index in [2.05, 4.69) is 0 Å². The van der Waals surface area contributed by atoms with Crippen molar-refractivity contribution < 1.29 is 39.6 Å². The SMILES string of the molecule is CC1CC(C)(Cc2ccc(C(=O)O)cc2C(=O)O)c2ccc(C(=O)O)c(C(=O)O)c21. The van der Waals surface area contributed by atoms with E-state index in [0.29, 0.717) is 23.1 Å². The molecule has 0 heterocycles. The maximum absolute atomic E-state index is 11.8. The van der Waals surface area contributed by atoms with Crippen molar-refractivity contribution in [2.45, 2.75) is 38.0 Å². The largest absolute Gasteiger partial charge is 0.478 e. The van der Waals surface area contributed by atoms with Gasteiger partial charge in [0.25, 0.3) is 0 Å². The van der Waals surface area contributed by atoms with Gasteiger partial charge in [-0.05, 0) is 59.1 Å². The van der Waals surface area contributed by atoms with Gasteiger partial charge in [0.1, 0.15) is 0 Å². The van der Waals surface area contributed by atoms with Crippen LogP contribution in [0.15, 0.2) is 30.3 Å². The summed E-state index contributed by atoms with van der Waals surface area (Å²) in [7, 11) is 0. The van der Waals surface area contributed by atoms with E-state index in [0.717, 1.165) is 6.07 Å². The van der Waals surface area contributed by atoms with Crippen LogP contribution in [0.2, 0.25) is 0 Å². The number of rotatable bonds is 6. The molecule has 0 fully saturated rings. The first kappa shape index (κ1) is 21.0. The van der Waals surface area contributed by atoms with Crippen LogP contribution >= 0.6 is 0 Å². The molecule has 0 saturated heterocycles. The lowest BCUT2D eigenvalue weighted by molar-refractivity contribution is 0.0650. The average Bonchev–Trinajstić information content (AvgIpc) is 2.91. The minimum absolute atomic E-state index is 0.127. The van der Waals surface area contributed by atoms with Gasteiger partial charge >= 0.3 is 23.9 Å². The highest BCUT2D eigenvalue weighted by atomic mass is 16.4. The molecule has 0 aromatic heterocycles. The number of aromatic carboxylic acids is 4. The lowest BCUT2D eigenvalue weighted by Gasteiger charge is -2.27. The van der Waals surface area contributed by atoms with Gasteiger partial charge in [-0.2, -0.15) is 0 Å². The van der Waals surface area contributed by atoms with E-state index in [-0.39, 0.29) is 34.6 Å². The number of carboxylic acid groups (broad SMARTS) is 4. The summed E-state index contributed by atoms with van der Waals surface area (Å²) in [6, 6.07) is 6.78. The number of carbonyl (C=O) groups is 4. The highest BCUT2D eigenvalue weighted by Crippen LogP contribution is 2.49. The Hall–Kier alpha value is -3.68. The van der Waals surface area contributed by atoms with Crippen molar-refractivity contribution >= 4 is 23.9 Å². The second kappa shape index (κ2) is 7.29. The van der Waals surface area contributed by atoms with Crippen molar-refractivity contribution in [3.05, 3.63) is 69.3 Å². The Morgan fingerprint density at radius 2 is 1.53 bits per heavy atom. The maximum atomic E-state index is 11.8. The predicted molar refractivity (Wildman–Crippen MR) is 105 cm³/mol. The van der Waals surface area contributed by atoms with Crippen molar-refractivity contribution in [3.63, 3.8) is 0 Å². The minimum Gasteiger partial charge on any atom is -0.478 e. The summed E-state index contributed by atoms with van der Waals surface area (Å²) in [6.07, 6.45) is 0.725. The smallest absolute Gasteiger partial charge is 0.336 e. The summed E-state index contributed by atoms with van der Waals surface area (Å²) >= 11 is 0. The second-order valence-electron chi connectivity index (χ2n) is 7.88. The van der Waals surface area contributed by atoms with Crippen molar-refractivity contribution in [1.82, 2.24) is 0 Å². The van der Waals surface area contributed by atoms with Crippen LogP contribution in [0, 0.1) is 0 Å². The van der Waals surface area contributed by atoms with Gasteiger partial charge in [-0.3, -0.25) is 0 Å². The molecule has 3 rings (SSSR count). The molecule has 4 N–H and O–H groups in total. The van der Waals surface area contributed by atoms with Gasteiger partial charge in [-0.25, -0.2) is 19.2 Å². The summed E-state index contributed by atoms with van der Waals surface area (Å²) in [5, 5.41) is 37.7. The quantitative estimate of drug-likeness (QED) is 0.563. The van der Waals surface area contributed by atoms with E-state index < -0.39 is 29.3 Å². The van der Waals surface area contributed by atoms with Crippen LogP contribution in [0.5, 0.6) is 0 Å². The molecular formula is C22H20O8. The van der Waals surface area contributed by atoms with Crippen LogP contribution in [0.25, 0.3) is 0 Å². The molecule has 156 valence electrons. The number of hydrogen-bond donors (Lipinski definition) is 4. The average molecular weight is 412 g/mol. The van der Waals surface area contributed by atoms with Crippen LogP contribution < -0.4 is 0 Å². The normalized spacial score (nSPS) is 19.9. The monoisotopic (exact) mass is 412 g/mol. The summed E-state index contributed by atoms with van der Waals surface area (Å²) in [4.78, 5) is 46.3. The van der Waals surface area contributed by atoms with E-state index in [9.17, 15) is 34.5 Å². The fraction of sp³-hybridized carbons (Fsp3) is 0.273. The Labute approximate surface area is 171 Å². The van der Waals surface area contributed by atoms with Crippen LogP contribution in [0.4, 0.5) is 0 Å². The van der Waals surface area contributed by atoms with Crippen LogP contribution in [0.3, 0.4) is 0 Å². The Balaban J connectivity index is 2.15. The van der Waals surface area contributed by atoms with Crippen LogP contribution in [-0.2, 0) is 11.8 Å². The summed E-state index contributed by atoms with van der Waals surface area (Å²) in [5.74, 6) is -5.38. The first-order chi connectivity index (χ1) is 14.0. The first-order valence-electron chi connectivity index (χ1n) is 9.19. The Kier molecular flexibility index (Phi) is 5.11. The lowest BCUT2D eigenvalue weighted by Crippen LogP contribution is -2.24. The standard InChI is InChI=1S/C22H20O8/c1-10-8-22(2,9-12-4-3-11(18(23)24)7-14(12)20(27)28)15-6-5-13(19(25)26)17(16(10)15)21(29)30/h3-7,10H,8-9H2,1-2H3,(H,23,24)(H,25,26)(H,27,28)(H,29,30). The molecule has 0 aliphatic heterocycles. The molecule has 0 saturated carbocycles. The molecule has 2 aromatic rings. The first-order valence-corrected chi connectivity index (χ1v) is 9.19. The van der Waals surface area contributed by atoms with Gasteiger partial charge in [0, 0.05) is 0 Å². The van der Waals surface area contributed by atoms with E-state index >= 15 is 0 Å². The molecule has 2 unspecified atom stereocenters. The Morgan fingerprint density at radius 3 is 2.07 bits per heavy atom. The summed E-state index contributed by atoms with van der Waals surface area (Å²) in [5.41, 5.74) is 0.100. The third-order valence-corrected chi connectivity index (χ3v) is 5.76. The number of benzene rings is 2. The van der Waals surface area contributed by atoms with Gasteiger partial charge in [0.05, 0.1) is 22.3 Å². The molecule has 2 aromatic carbocycles. The van der Waals surface area contributed by atoms with Gasteiger partial charge in [-0.15, -0.1) is 0 Å². The lowest BCUT2D eigenvalue weighted by atomic mass is 9.76. The van der Waals surface area contributed by atoms with Gasteiger partial charge in [0.15, 0.2) is 0 Å². The van der Waals surface area contributed by atoms with E-state index in [1.165, 1.54) is 18.2 Å². The Bertz CT molecular complexity index is 1100. The zero-order valence-corrected chi connectivity index (χ0v) is 16.3. The van der Waals surface area contributed by atoms with Crippen molar-refractivity contribution in [2.75, 3.05) is 0 Å². The zero-order valence-electron chi connectivity index (χ0n) is 16.3. The molecule has 0 amide bonds. The van der Waals surface area contributed by atoms with Crippen LogP contribution in [0.1, 0.15) is 84.3 Å². The van der Waals surface area contributed by atoms with Gasteiger partial charge in [-0.1, -0.05) is 26.0 Å². The molecule has 2 atom stereocenters. The van der Waals surface area contributed by atoms with Crippen LogP contribution in [-0.4, -0.2) is 44.3 Å². The van der Waals surface area contributed by atoms with Gasteiger partial charge in [0.2, 0.25) is 0 Å². The number of hydrogen-bond acceptors (Lipinski definition) is 4. The molecule has 30 heavy (non-hydrogen) atoms. The molecule has 8 nitrogen and oxygen atoms in total. The molecule has 0 spiro atoms. The minimum atomic E-state index is -1.33. The Morgan fingerprint density at radius 1 is 0.900 bits per heavy atom. The number of carboxylic acids is 4.